The van der Waals surface area contributed by atoms with E-state index in [9.17, 15) is 4.79 Å². The standard InChI is InChI=1S/C18H17ClN2O2S/c1-4-23-13-8-6-12(7-9-13)17(22)20-18-21(3)15-11(2)5-10-14(19)16(15)24-18/h5-10H,4H2,1-3H3. The first-order chi connectivity index (χ1) is 11.5. The quantitative estimate of drug-likeness (QED) is 0.697. The minimum atomic E-state index is -0.283. The molecule has 0 aliphatic rings. The Morgan fingerprint density at radius 3 is 2.58 bits per heavy atom. The van der Waals surface area contributed by atoms with Crippen molar-refractivity contribution in [2.24, 2.45) is 12.0 Å². The van der Waals surface area contributed by atoms with Gasteiger partial charge in [0.2, 0.25) is 0 Å². The van der Waals surface area contributed by atoms with Crippen LogP contribution >= 0.6 is 22.9 Å². The highest BCUT2D eigenvalue weighted by molar-refractivity contribution is 7.17. The topological polar surface area (TPSA) is 43.6 Å². The van der Waals surface area contributed by atoms with Crippen LogP contribution in [0.25, 0.3) is 10.2 Å². The Bertz CT molecular complexity index is 971. The van der Waals surface area contributed by atoms with Crippen LogP contribution < -0.4 is 9.54 Å². The van der Waals surface area contributed by atoms with Gasteiger partial charge in [-0.05, 0) is 49.7 Å². The summed E-state index contributed by atoms with van der Waals surface area (Å²) in [4.78, 5) is 17.3. The van der Waals surface area contributed by atoms with Gasteiger partial charge in [0.25, 0.3) is 5.91 Å². The molecule has 0 radical (unpaired) electrons. The van der Waals surface area contributed by atoms with Gasteiger partial charge in [-0.2, -0.15) is 4.99 Å². The van der Waals surface area contributed by atoms with E-state index in [2.05, 4.69) is 4.99 Å². The molecule has 1 aromatic heterocycles. The second kappa shape index (κ2) is 6.79. The summed E-state index contributed by atoms with van der Waals surface area (Å²) in [6.07, 6.45) is 0. The number of thiazole rings is 1. The molecule has 3 rings (SSSR count). The molecule has 0 N–H and O–H groups in total. The summed E-state index contributed by atoms with van der Waals surface area (Å²) in [5, 5.41) is 0.672. The number of hydrogen-bond acceptors (Lipinski definition) is 3. The number of fused-ring (bicyclic) bond motifs is 1. The van der Waals surface area contributed by atoms with Crippen LogP contribution in [0.3, 0.4) is 0 Å². The number of carbonyl (C=O) groups is 1. The number of halogens is 1. The van der Waals surface area contributed by atoms with Crippen molar-refractivity contribution in [3.8, 4) is 5.75 Å². The number of hydrogen-bond donors (Lipinski definition) is 0. The van der Waals surface area contributed by atoms with Gasteiger partial charge in [-0.25, -0.2) is 0 Å². The Morgan fingerprint density at radius 1 is 1.25 bits per heavy atom. The zero-order chi connectivity index (χ0) is 17.3. The lowest BCUT2D eigenvalue weighted by Crippen LogP contribution is -2.13. The molecule has 0 spiro atoms. The van der Waals surface area contributed by atoms with Crippen LogP contribution in [0.4, 0.5) is 0 Å². The highest BCUT2D eigenvalue weighted by Gasteiger charge is 2.11. The minimum Gasteiger partial charge on any atom is -0.494 e. The molecule has 0 aliphatic carbocycles. The summed E-state index contributed by atoms with van der Waals surface area (Å²) in [6.45, 7) is 4.53. The Kier molecular flexibility index (Phi) is 4.73. The number of nitrogens with zero attached hydrogens (tertiary/aromatic N) is 2. The summed E-state index contributed by atoms with van der Waals surface area (Å²) >= 11 is 7.69. The average molecular weight is 361 g/mol. The normalized spacial score (nSPS) is 11.9. The lowest BCUT2D eigenvalue weighted by atomic mass is 10.2. The smallest absolute Gasteiger partial charge is 0.279 e. The van der Waals surface area contributed by atoms with E-state index in [-0.39, 0.29) is 5.91 Å². The summed E-state index contributed by atoms with van der Waals surface area (Å²) in [5.41, 5.74) is 2.63. The van der Waals surface area contributed by atoms with Crippen LogP contribution in [0.5, 0.6) is 5.75 Å². The Labute approximate surface area is 149 Å². The van der Waals surface area contributed by atoms with Crippen molar-refractivity contribution < 1.29 is 9.53 Å². The number of aryl methyl sites for hydroxylation is 2. The van der Waals surface area contributed by atoms with E-state index in [1.54, 1.807) is 24.3 Å². The van der Waals surface area contributed by atoms with Crippen LogP contribution in [0.1, 0.15) is 22.8 Å². The van der Waals surface area contributed by atoms with Gasteiger partial charge in [0.15, 0.2) is 4.80 Å². The van der Waals surface area contributed by atoms with Crippen molar-refractivity contribution in [1.82, 2.24) is 4.57 Å². The number of amides is 1. The molecule has 0 fully saturated rings. The summed E-state index contributed by atoms with van der Waals surface area (Å²) < 4.78 is 8.24. The SMILES string of the molecule is CCOc1ccc(C(=O)N=c2sc3c(Cl)ccc(C)c3n2C)cc1. The fourth-order valence-electron chi connectivity index (χ4n) is 2.52. The lowest BCUT2D eigenvalue weighted by molar-refractivity contribution is 0.0998. The first-order valence-corrected chi connectivity index (χ1v) is 8.77. The Balaban J connectivity index is 2.03. The maximum absolute atomic E-state index is 12.4. The molecule has 0 saturated carbocycles. The summed E-state index contributed by atoms with van der Waals surface area (Å²) in [6, 6.07) is 10.8. The van der Waals surface area contributed by atoms with E-state index in [0.717, 1.165) is 21.5 Å². The average Bonchev–Trinajstić information content (AvgIpc) is 2.90. The first kappa shape index (κ1) is 16.7. The van der Waals surface area contributed by atoms with Crippen molar-refractivity contribution in [3.05, 3.63) is 57.3 Å². The molecular formula is C18H17ClN2O2S. The van der Waals surface area contributed by atoms with E-state index < -0.39 is 0 Å². The summed E-state index contributed by atoms with van der Waals surface area (Å²) in [5.74, 6) is 0.456. The van der Waals surface area contributed by atoms with E-state index in [1.165, 1.54) is 11.3 Å². The van der Waals surface area contributed by atoms with Gasteiger partial charge < -0.3 is 9.30 Å². The van der Waals surface area contributed by atoms with Crippen molar-refractivity contribution in [2.45, 2.75) is 13.8 Å². The van der Waals surface area contributed by atoms with Crippen molar-refractivity contribution in [1.29, 1.82) is 0 Å². The van der Waals surface area contributed by atoms with Gasteiger partial charge in [-0.1, -0.05) is 29.0 Å². The van der Waals surface area contributed by atoms with Crippen molar-refractivity contribution in [3.63, 3.8) is 0 Å². The molecule has 124 valence electrons. The first-order valence-electron chi connectivity index (χ1n) is 7.57. The molecule has 0 saturated heterocycles. The molecule has 3 aromatic rings. The monoisotopic (exact) mass is 360 g/mol. The molecular weight excluding hydrogens is 344 g/mol. The molecule has 0 aliphatic heterocycles. The maximum Gasteiger partial charge on any atom is 0.279 e. The van der Waals surface area contributed by atoms with E-state index in [0.29, 0.717) is 22.0 Å². The number of carbonyl (C=O) groups excluding carboxylic acids is 1. The van der Waals surface area contributed by atoms with Gasteiger partial charge in [-0.3, -0.25) is 4.79 Å². The number of rotatable bonds is 3. The molecule has 6 heteroatoms. The van der Waals surface area contributed by atoms with Crippen molar-refractivity contribution >= 4 is 39.1 Å². The van der Waals surface area contributed by atoms with Gasteiger partial charge in [0, 0.05) is 12.6 Å². The number of aromatic nitrogens is 1. The Morgan fingerprint density at radius 2 is 1.96 bits per heavy atom. The van der Waals surface area contributed by atoms with E-state index >= 15 is 0 Å². The van der Waals surface area contributed by atoms with Crippen LogP contribution in [0.15, 0.2) is 41.4 Å². The third-order valence-corrected chi connectivity index (χ3v) is 5.30. The van der Waals surface area contributed by atoms with Crippen LogP contribution in [-0.2, 0) is 7.05 Å². The molecule has 24 heavy (non-hydrogen) atoms. The van der Waals surface area contributed by atoms with Gasteiger partial charge in [-0.15, -0.1) is 0 Å². The predicted octanol–water partition coefficient (Wildman–Crippen LogP) is 4.34. The minimum absolute atomic E-state index is 0.283. The molecule has 2 aromatic carbocycles. The third-order valence-electron chi connectivity index (χ3n) is 3.71. The second-order valence-corrected chi connectivity index (χ2v) is 6.74. The maximum atomic E-state index is 12.4. The zero-order valence-electron chi connectivity index (χ0n) is 13.7. The lowest BCUT2D eigenvalue weighted by Gasteiger charge is -2.02. The second-order valence-electron chi connectivity index (χ2n) is 5.36. The van der Waals surface area contributed by atoms with Crippen LogP contribution in [-0.4, -0.2) is 17.1 Å². The highest BCUT2D eigenvalue weighted by Crippen LogP contribution is 2.28. The third kappa shape index (κ3) is 3.09. The van der Waals surface area contributed by atoms with Crippen LogP contribution in [0.2, 0.25) is 5.02 Å². The van der Waals surface area contributed by atoms with E-state index in [1.807, 2.05) is 37.6 Å². The number of benzene rings is 2. The molecule has 4 nitrogen and oxygen atoms in total. The van der Waals surface area contributed by atoms with Gasteiger partial charge >= 0.3 is 0 Å². The predicted molar refractivity (Wildman–Crippen MR) is 98.0 cm³/mol. The molecule has 1 amide bonds. The van der Waals surface area contributed by atoms with Gasteiger partial charge in [0.05, 0.1) is 21.8 Å². The highest BCUT2D eigenvalue weighted by atomic mass is 35.5. The number of ether oxygens (including phenoxy) is 1. The van der Waals surface area contributed by atoms with Gasteiger partial charge in [0.1, 0.15) is 5.75 Å². The van der Waals surface area contributed by atoms with Crippen molar-refractivity contribution in [2.75, 3.05) is 6.61 Å². The molecule has 0 bridgehead atoms. The van der Waals surface area contributed by atoms with Crippen LogP contribution in [0, 0.1) is 6.92 Å². The van der Waals surface area contributed by atoms with E-state index in [4.69, 9.17) is 16.3 Å². The fourth-order valence-corrected chi connectivity index (χ4v) is 3.89. The molecule has 0 atom stereocenters. The largest absolute Gasteiger partial charge is 0.494 e. The summed E-state index contributed by atoms with van der Waals surface area (Å²) in [7, 11) is 1.90. The fraction of sp³-hybridized carbons (Fsp3) is 0.222. The molecule has 1 heterocycles. The zero-order valence-corrected chi connectivity index (χ0v) is 15.2. The Hall–Kier alpha value is -2.11. The molecule has 0 unspecified atom stereocenters.